The number of nitrogen functional groups attached to an aromatic ring is 1. The van der Waals surface area contributed by atoms with Crippen molar-refractivity contribution >= 4 is 22.2 Å². The molecule has 11 nitrogen and oxygen atoms in total. The molecule has 0 unspecified atom stereocenters. The third-order valence-corrected chi connectivity index (χ3v) is 12.7. The Labute approximate surface area is 274 Å². The zero-order chi connectivity index (χ0) is 31.8. The molecule has 2 aliphatic heterocycles. The number of hydrogen-bond donors (Lipinski definition) is 1. The van der Waals surface area contributed by atoms with Gasteiger partial charge >= 0.3 is 0 Å². The molecule has 2 spiro atoms. The second kappa shape index (κ2) is 11.2. The van der Waals surface area contributed by atoms with Crippen molar-refractivity contribution in [2.75, 3.05) is 58.0 Å². The van der Waals surface area contributed by atoms with Crippen LogP contribution < -0.4 is 15.4 Å². The van der Waals surface area contributed by atoms with E-state index in [2.05, 4.69) is 41.8 Å². The summed E-state index contributed by atoms with van der Waals surface area (Å²) >= 11 is 1.56. The molecule has 12 heteroatoms. The second-order valence-electron chi connectivity index (χ2n) is 14.3. The Morgan fingerprint density at radius 2 is 1.96 bits per heavy atom. The fraction of sp³-hybridized carbons (Fsp3) is 0.647. The number of piperazine rings is 1. The average molecular weight is 645 g/mol. The number of anilines is 2. The maximum absolute atomic E-state index is 10.1. The molecule has 46 heavy (non-hydrogen) atoms. The molecule has 5 heterocycles. The van der Waals surface area contributed by atoms with E-state index in [1.807, 2.05) is 6.07 Å². The SMILES string of the molecule is CO[C@@H]1C[C@@H]([C@H](C)Oc2cc(N3CCN(C)C4(CC4)C3)nc(-c3onc4c3CCC[C@@]43CCCc4sc(N)c(C#N)c43)n2)N(C)C1. The van der Waals surface area contributed by atoms with Crippen LogP contribution in [0, 0.1) is 11.3 Å². The smallest absolute Gasteiger partial charge is 0.219 e. The molecule has 8 rings (SSSR count). The summed E-state index contributed by atoms with van der Waals surface area (Å²) in [5.41, 5.74) is 9.94. The lowest BCUT2D eigenvalue weighted by molar-refractivity contribution is 0.108. The number of likely N-dealkylation sites (N-methyl/N-ethyl adjacent to an activating group) is 2. The van der Waals surface area contributed by atoms with E-state index in [9.17, 15) is 5.26 Å². The van der Waals surface area contributed by atoms with Gasteiger partial charge in [-0.1, -0.05) is 5.16 Å². The fourth-order valence-electron chi connectivity index (χ4n) is 8.88. The Hall–Kier alpha value is -3.24. The topological polar surface area (TPSA) is 130 Å². The molecule has 2 saturated heterocycles. The van der Waals surface area contributed by atoms with Gasteiger partial charge < -0.3 is 24.6 Å². The van der Waals surface area contributed by atoms with Crippen LogP contribution in [0.15, 0.2) is 10.6 Å². The minimum absolute atomic E-state index is 0.0935. The number of nitriles is 1. The summed E-state index contributed by atoms with van der Waals surface area (Å²) in [5.74, 6) is 2.56. The first-order chi connectivity index (χ1) is 22.2. The van der Waals surface area contributed by atoms with E-state index in [-0.39, 0.29) is 29.2 Å². The average Bonchev–Trinajstić information content (AvgIpc) is 3.34. The summed E-state index contributed by atoms with van der Waals surface area (Å²) in [6.45, 7) is 5.82. The van der Waals surface area contributed by atoms with Gasteiger partial charge in [0.05, 0.1) is 17.4 Å². The first-order valence-corrected chi connectivity index (χ1v) is 17.6. The summed E-state index contributed by atoms with van der Waals surface area (Å²) in [5, 5.41) is 15.5. The van der Waals surface area contributed by atoms with Gasteiger partial charge in [0.1, 0.15) is 23.0 Å². The van der Waals surface area contributed by atoms with Crippen LogP contribution in [0.25, 0.3) is 11.6 Å². The van der Waals surface area contributed by atoms with Crippen molar-refractivity contribution in [1.29, 1.82) is 5.26 Å². The first kappa shape index (κ1) is 30.1. The van der Waals surface area contributed by atoms with E-state index >= 15 is 0 Å². The molecule has 2 N–H and O–H groups in total. The molecule has 3 fully saturated rings. The molecular formula is C34H44N8O3S. The molecule has 244 valence electrons. The minimum Gasteiger partial charge on any atom is -0.473 e. The lowest BCUT2D eigenvalue weighted by Crippen LogP contribution is -2.53. The van der Waals surface area contributed by atoms with Crippen LogP contribution in [0.1, 0.15) is 79.1 Å². The predicted octanol–water partition coefficient (Wildman–Crippen LogP) is 4.38. The number of aryl methyl sites for hydroxylation is 1. The number of nitrogens with two attached hydrogens (primary N) is 1. The van der Waals surface area contributed by atoms with Crippen LogP contribution in [0.3, 0.4) is 0 Å². The van der Waals surface area contributed by atoms with E-state index in [0.29, 0.717) is 28.0 Å². The number of hydrogen-bond acceptors (Lipinski definition) is 12. The monoisotopic (exact) mass is 644 g/mol. The maximum atomic E-state index is 10.1. The lowest BCUT2D eigenvalue weighted by Gasteiger charge is -2.40. The second-order valence-corrected chi connectivity index (χ2v) is 15.4. The molecule has 0 bridgehead atoms. The molecule has 3 aromatic rings. The van der Waals surface area contributed by atoms with E-state index < -0.39 is 0 Å². The van der Waals surface area contributed by atoms with Gasteiger partial charge in [-0.2, -0.15) is 10.2 Å². The summed E-state index contributed by atoms with van der Waals surface area (Å²) in [4.78, 5) is 18.6. The highest BCUT2D eigenvalue weighted by atomic mass is 32.1. The molecule has 0 amide bonds. The maximum Gasteiger partial charge on any atom is 0.219 e. The number of aromatic nitrogens is 3. The van der Waals surface area contributed by atoms with E-state index in [0.717, 1.165) is 93.8 Å². The molecule has 4 atom stereocenters. The van der Waals surface area contributed by atoms with Gasteiger partial charge in [-0.05, 0) is 84.4 Å². The van der Waals surface area contributed by atoms with Crippen molar-refractivity contribution in [3.63, 3.8) is 0 Å². The molecule has 0 radical (unpaired) electrons. The van der Waals surface area contributed by atoms with Crippen molar-refractivity contribution in [1.82, 2.24) is 24.9 Å². The Kier molecular flexibility index (Phi) is 7.32. The number of fused-ring (bicyclic) bond motifs is 4. The summed E-state index contributed by atoms with van der Waals surface area (Å²) in [7, 11) is 6.15. The van der Waals surface area contributed by atoms with Gasteiger partial charge in [0, 0.05) is 66.8 Å². The molecule has 0 aromatic carbocycles. The van der Waals surface area contributed by atoms with Gasteiger partial charge in [-0.25, -0.2) is 4.98 Å². The number of ether oxygens (including phenoxy) is 2. The zero-order valence-corrected chi connectivity index (χ0v) is 28.2. The third-order valence-electron chi connectivity index (χ3n) is 11.7. The number of methoxy groups -OCH3 is 1. The minimum atomic E-state index is -0.367. The number of likely N-dealkylation sites (tertiary alicyclic amines) is 1. The van der Waals surface area contributed by atoms with Crippen LogP contribution in [-0.2, 0) is 23.0 Å². The van der Waals surface area contributed by atoms with Crippen molar-refractivity contribution in [2.45, 2.75) is 93.9 Å². The summed E-state index contributed by atoms with van der Waals surface area (Å²) in [6.07, 6.45) is 9.08. The molecule has 3 aliphatic carbocycles. The molecule has 3 aromatic heterocycles. The van der Waals surface area contributed by atoms with Crippen molar-refractivity contribution < 1.29 is 14.0 Å². The van der Waals surface area contributed by atoms with E-state index in [4.69, 9.17) is 34.9 Å². The normalized spacial score (nSPS) is 27.8. The van der Waals surface area contributed by atoms with Gasteiger partial charge in [0.25, 0.3) is 0 Å². The molecule has 1 saturated carbocycles. The molecular weight excluding hydrogens is 600 g/mol. The lowest BCUT2D eigenvalue weighted by atomic mass is 9.62. The van der Waals surface area contributed by atoms with Crippen molar-refractivity contribution in [3.05, 3.63) is 33.3 Å². The van der Waals surface area contributed by atoms with Crippen LogP contribution in [0.4, 0.5) is 10.8 Å². The Morgan fingerprint density at radius 3 is 2.70 bits per heavy atom. The Balaban J connectivity index is 1.19. The highest BCUT2D eigenvalue weighted by Crippen LogP contribution is 2.55. The van der Waals surface area contributed by atoms with Crippen molar-refractivity contribution in [3.8, 4) is 23.5 Å². The van der Waals surface area contributed by atoms with Gasteiger partial charge in [0.15, 0.2) is 0 Å². The Morgan fingerprint density at radius 1 is 1.15 bits per heavy atom. The zero-order valence-electron chi connectivity index (χ0n) is 27.3. The van der Waals surface area contributed by atoms with Crippen LogP contribution >= 0.6 is 11.3 Å². The highest BCUT2D eigenvalue weighted by molar-refractivity contribution is 7.16. The molecule has 5 aliphatic rings. The summed E-state index contributed by atoms with van der Waals surface area (Å²) in [6, 6.07) is 4.65. The standard InChI is InChI=1S/C34H44N8O3S/c1-20(24-15-21(43-4)18-40(24)2)44-27-16-26(42-14-13-41(3)33(19-42)11-12-33)37-32(38-27)29-22-7-5-9-34(30(22)39-45-29)10-6-8-25-28(34)23(17-35)31(36)46-25/h16,20-21,24H,5-15,18-19,36H2,1-4H3/t20-,21+,24-,34-/m0/s1. The number of thiophene rings is 1. The Bertz CT molecular complexity index is 1690. The highest BCUT2D eigenvalue weighted by Gasteiger charge is 2.51. The van der Waals surface area contributed by atoms with E-state index in [1.54, 1.807) is 18.4 Å². The van der Waals surface area contributed by atoms with E-state index in [1.165, 1.54) is 17.7 Å². The number of rotatable bonds is 6. The van der Waals surface area contributed by atoms with Gasteiger partial charge in [-0.15, -0.1) is 11.3 Å². The van der Waals surface area contributed by atoms with Crippen LogP contribution in [0.2, 0.25) is 0 Å². The van der Waals surface area contributed by atoms with Gasteiger partial charge in [-0.3, -0.25) is 9.80 Å². The van der Waals surface area contributed by atoms with Crippen LogP contribution in [-0.4, -0.2) is 96.1 Å². The third kappa shape index (κ3) is 4.73. The fourth-order valence-corrected chi connectivity index (χ4v) is 10.0. The summed E-state index contributed by atoms with van der Waals surface area (Å²) < 4.78 is 18.6. The largest absolute Gasteiger partial charge is 0.473 e. The van der Waals surface area contributed by atoms with Crippen LogP contribution in [0.5, 0.6) is 5.88 Å². The van der Waals surface area contributed by atoms with Crippen molar-refractivity contribution in [2.24, 2.45) is 0 Å². The first-order valence-electron chi connectivity index (χ1n) is 16.8. The van der Waals surface area contributed by atoms with Gasteiger partial charge in [0.2, 0.25) is 17.5 Å². The number of nitrogens with zero attached hydrogens (tertiary/aromatic N) is 7. The predicted molar refractivity (Wildman–Crippen MR) is 176 cm³/mol. The quantitative estimate of drug-likeness (QED) is 0.411.